The Bertz CT molecular complexity index is 600. The Kier molecular flexibility index (Phi) is 13.9. The summed E-state index contributed by atoms with van der Waals surface area (Å²) in [5, 5.41) is 53.5. The Labute approximate surface area is 194 Å². The molecule has 0 spiro atoms. The van der Waals surface area contributed by atoms with Crippen molar-refractivity contribution in [1.82, 2.24) is 0 Å². The van der Waals surface area contributed by atoms with Gasteiger partial charge in [0.15, 0.2) is 5.60 Å². The van der Waals surface area contributed by atoms with Crippen molar-refractivity contribution in [2.24, 2.45) is 0 Å². The quantitative estimate of drug-likeness (QED) is 0.144. The van der Waals surface area contributed by atoms with Crippen LogP contribution < -0.4 is 0 Å². The van der Waals surface area contributed by atoms with E-state index >= 15 is 0 Å². The predicted molar refractivity (Wildman–Crippen MR) is 84.7 cm³/mol. The molecule has 0 saturated heterocycles. The number of esters is 1. The van der Waals surface area contributed by atoms with Crippen LogP contribution in [0.2, 0.25) is 0 Å². The maximum absolute atomic E-state index is 11.7. The van der Waals surface area contributed by atoms with Gasteiger partial charge < -0.3 is 35.4 Å². The van der Waals surface area contributed by atoms with Crippen molar-refractivity contribution in [3.05, 3.63) is 0 Å². The Morgan fingerprint density at radius 2 is 1.00 bits per heavy atom. The second-order valence-electron chi connectivity index (χ2n) is 5.00. The number of aliphatic hydroxyl groups is 1. The first-order valence-corrected chi connectivity index (χ1v) is 6.30. The zero-order chi connectivity index (χ0) is 20.0. The Morgan fingerprint density at radius 3 is 1.26 bits per heavy atom. The van der Waals surface area contributed by atoms with E-state index in [1.54, 1.807) is 0 Å². The molecule has 27 heavy (non-hydrogen) atoms. The fraction of sp³-hybridized carbons (Fsp3) is 0.500. The molecule has 0 aromatic rings. The van der Waals surface area contributed by atoms with Gasteiger partial charge in [0.1, 0.15) is 0 Å². The van der Waals surface area contributed by atoms with E-state index in [0.29, 0.717) is 0 Å². The number of carboxylic acids is 5. The second-order valence-corrected chi connectivity index (χ2v) is 5.00. The molecule has 0 aliphatic heterocycles. The molecule has 144 valence electrons. The molecule has 0 radical (unpaired) electrons. The number of carboxylic acid groups (broad SMARTS) is 5. The van der Waals surface area contributed by atoms with Gasteiger partial charge in [0.05, 0.1) is 25.7 Å². The first-order valence-electron chi connectivity index (χ1n) is 6.30. The fourth-order valence-electron chi connectivity index (χ4n) is 1.77. The summed E-state index contributed by atoms with van der Waals surface area (Å²) in [5.41, 5.74) is -6.24. The summed E-state index contributed by atoms with van der Waals surface area (Å²) >= 11 is 0. The number of hydrogen-bond donors (Lipinski definition) is 6. The van der Waals surface area contributed by atoms with E-state index in [9.17, 15) is 33.9 Å². The number of hydrogen-bond acceptors (Lipinski definition) is 8. The first kappa shape index (κ1) is 30.5. The monoisotopic (exact) mass is 414 g/mol. The summed E-state index contributed by atoms with van der Waals surface area (Å²) in [4.78, 5) is 66.0. The molecular formula is C12H16Na2O13. The van der Waals surface area contributed by atoms with Gasteiger partial charge in [-0.3, -0.25) is 19.2 Å². The van der Waals surface area contributed by atoms with Gasteiger partial charge in [0.2, 0.25) is 5.60 Å². The molecule has 0 aromatic heterocycles. The number of ether oxygens (including phenoxy) is 1. The van der Waals surface area contributed by atoms with Crippen LogP contribution in [0.5, 0.6) is 0 Å². The summed E-state index contributed by atoms with van der Waals surface area (Å²) in [6, 6.07) is 0. The van der Waals surface area contributed by atoms with Crippen LogP contribution in [0.3, 0.4) is 0 Å². The van der Waals surface area contributed by atoms with Crippen molar-refractivity contribution in [3.8, 4) is 0 Å². The summed E-state index contributed by atoms with van der Waals surface area (Å²) in [7, 11) is 0. The summed E-state index contributed by atoms with van der Waals surface area (Å²) in [6.07, 6.45) is -5.94. The van der Waals surface area contributed by atoms with Gasteiger partial charge in [-0.1, -0.05) is 0 Å². The second kappa shape index (κ2) is 12.3. The zero-order valence-electron chi connectivity index (χ0n) is 12.4. The number of rotatable bonds is 11. The first-order chi connectivity index (χ1) is 11.2. The van der Waals surface area contributed by atoms with Gasteiger partial charge in [-0.05, 0) is 0 Å². The molecule has 0 bridgehead atoms. The third-order valence-corrected chi connectivity index (χ3v) is 2.85. The molecule has 0 fully saturated rings. The van der Waals surface area contributed by atoms with E-state index in [1.807, 2.05) is 0 Å². The normalized spacial score (nSPS) is 12.3. The van der Waals surface area contributed by atoms with Gasteiger partial charge >= 0.3 is 94.9 Å². The molecule has 0 heterocycles. The molecule has 0 amide bonds. The van der Waals surface area contributed by atoms with Gasteiger partial charge in [0.25, 0.3) is 0 Å². The van der Waals surface area contributed by atoms with E-state index in [-0.39, 0.29) is 59.1 Å². The molecule has 15 heteroatoms. The molecule has 13 nitrogen and oxygen atoms in total. The Hall–Kier alpha value is -1.22. The van der Waals surface area contributed by atoms with Crippen molar-refractivity contribution in [1.29, 1.82) is 0 Å². The molecule has 1 atom stereocenters. The zero-order valence-corrected chi connectivity index (χ0v) is 12.4. The number of carbonyl (C=O) groups excluding carboxylic acids is 1. The Morgan fingerprint density at radius 1 is 0.630 bits per heavy atom. The third-order valence-electron chi connectivity index (χ3n) is 2.85. The molecule has 1 unspecified atom stereocenters. The summed E-state index contributed by atoms with van der Waals surface area (Å²) < 4.78 is 4.33. The molecular weight excluding hydrogens is 398 g/mol. The molecule has 0 aliphatic carbocycles. The number of carbonyl (C=O) groups is 6. The molecule has 6 N–H and O–H groups in total. The van der Waals surface area contributed by atoms with Crippen molar-refractivity contribution < 1.29 is 64.1 Å². The predicted octanol–water partition coefficient (Wildman–Crippen LogP) is -3.31. The molecule has 0 saturated carbocycles. The minimum absolute atomic E-state index is 0. The van der Waals surface area contributed by atoms with Crippen LogP contribution in [0.25, 0.3) is 0 Å². The molecule has 0 aromatic carbocycles. The average molecular weight is 414 g/mol. The van der Waals surface area contributed by atoms with Crippen molar-refractivity contribution in [2.45, 2.75) is 36.9 Å². The van der Waals surface area contributed by atoms with Gasteiger partial charge in [-0.15, -0.1) is 0 Å². The van der Waals surface area contributed by atoms with E-state index in [4.69, 9.17) is 25.5 Å². The fourth-order valence-corrected chi connectivity index (χ4v) is 1.77. The maximum atomic E-state index is 11.7. The van der Waals surface area contributed by atoms with Crippen LogP contribution in [0, 0.1) is 0 Å². The minimum atomic E-state index is -3.17. The van der Waals surface area contributed by atoms with Crippen LogP contribution >= 0.6 is 0 Å². The number of aliphatic carboxylic acids is 5. The van der Waals surface area contributed by atoms with E-state index in [2.05, 4.69) is 4.74 Å². The summed E-state index contributed by atoms with van der Waals surface area (Å²) in [5.74, 6) is -11.6. The van der Waals surface area contributed by atoms with Crippen molar-refractivity contribution in [2.75, 3.05) is 0 Å². The van der Waals surface area contributed by atoms with E-state index < -0.39 is 72.7 Å². The van der Waals surface area contributed by atoms with Crippen LogP contribution in [0.15, 0.2) is 0 Å². The van der Waals surface area contributed by atoms with Crippen molar-refractivity contribution >= 4 is 94.9 Å². The average Bonchev–Trinajstić information content (AvgIpc) is 2.34. The van der Waals surface area contributed by atoms with Crippen LogP contribution in [0.4, 0.5) is 0 Å². The van der Waals surface area contributed by atoms with Gasteiger partial charge in [-0.25, -0.2) is 9.59 Å². The van der Waals surface area contributed by atoms with E-state index in [0.717, 1.165) is 0 Å². The van der Waals surface area contributed by atoms with Gasteiger partial charge in [-0.2, -0.15) is 0 Å². The SMILES string of the molecule is O=C(O)CC(O)(CC(=O)OC(CC(=O)O)(CC(=O)O)C(=O)O)C(=O)O.[NaH].[NaH]. The van der Waals surface area contributed by atoms with Crippen LogP contribution in [0.1, 0.15) is 25.7 Å². The molecule has 0 rings (SSSR count). The van der Waals surface area contributed by atoms with E-state index in [1.165, 1.54) is 0 Å². The third kappa shape index (κ3) is 10.0. The topological polar surface area (TPSA) is 233 Å². The molecule has 0 aliphatic rings. The van der Waals surface area contributed by atoms with Crippen LogP contribution in [-0.2, 0) is 33.5 Å². The van der Waals surface area contributed by atoms with Gasteiger partial charge in [0, 0.05) is 0 Å². The van der Waals surface area contributed by atoms with Crippen molar-refractivity contribution in [3.63, 3.8) is 0 Å². The summed E-state index contributed by atoms with van der Waals surface area (Å²) in [6.45, 7) is 0. The van der Waals surface area contributed by atoms with Crippen LogP contribution in [-0.4, -0.2) is 137 Å². The Balaban J connectivity index is -0.00000288. The standard InChI is InChI=1S/C12H14O13.2Na.2H/c13-5(14)1-11(24,9(20)21)4-8(19)25-12(10(22)23,2-6(15)16)3-7(17)18;;;;/h24H,1-4H2,(H,13,14)(H,15,16)(H,17,18)(H,20,21)(H,22,23);;;;.